The molecule has 2 aromatic rings. The molecule has 5 nitrogen and oxygen atoms in total. The Labute approximate surface area is 138 Å². The van der Waals surface area contributed by atoms with E-state index in [4.69, 9.17) is 14.2 Å². The molecule has 0 heterocycles. The minimum atomic E-state index is -0.986. The van der Waals surface area contributed by atoms with Crippen LogP contribution in [-0.4, -0.2) is 33.3 Å². The van der Waals surface area contributed by atoms with Crippen molar-refractivity contribution in [3.63, 3.8) is 0 Å². The average molecular weight is 337 g/mol. The molecule has 0 saturated heterocycles. The van der Waals surface area contributed by atoms with E-state index in [-0.39, 0.29) is 24.8 Å². The van der Waals surface area contributed by atoms with Gasteiger partial charge < -0.3 is 19.5 Å². The number of rotatable bonds is 7. The predicted octanol–water partition coefficient (Wildman–Crippen LogP) is 2.79. The van der Waals surface area contributed by atoms with Crippen molar-refractivity contribution in [3.8, 4) is 17.2 Å². The Kier molecular flexibility index (Phi) is 5.95. The molecule has 0 aliphatic carbocycles. The van der Waals surface area contributed by atoms with Gasteiger partial charge in [0, 0.05) is 17.7 Å². The summed E-state index contributed by atoms with van der Waals surface area (Å²) in [7, 11) is 2.98. The number of halogens is 2. The highest BCUT2D eigenvalue weighted by Crippen LogP contribution is 2.22. The lowest BCUT2D eigenvalue weighted by atomic mass is 10.2. The molecule has 0 aromatic heterocycles. The van der Waals surface area contributed by atoms with Gasteiger partial charge in [0.25, 0.3) is 5.91 Å². The molecule has 1 N–H and O–H groups in total. The highest BCUT2D eigenvalue weighted by Gasteiger charge is 2.09. The molecule has 1 amide bonds. The third-order valence-electron chi connectivity index (χ3n) is 3.16. The summed E-state index contributed by atoms with van der Waals surface area (Å²) in [6.07, 6.45) is 0. The number of benzene rings is 2. The van der Waals surface area contributed by atoms with Crippen molar-refractivity contribution >= 4 is 5.91 Å². The minimum Gasteiger partial charge on any atom is -0.497 e. The number of carbonyl (C=O) groups is 1. The van der Waals surface area contributed by atoms with Gasteiger partial charge in [-0.1, -0.05) is 0 Å². The highest BCUT2D eigenvalue weighted by atomic mass is 19.2. The Morgan fingerprint density at radius 3 is 2.21 bits per heavy atom. The van der Waals surface area contributed by atoms with E-state index in [2.05, 4.69) is 5.32 Å². The molecule has 128 valence electrons. The zero-order chi connectivity index (χ0) is 17.5. The molecule has 0 atom stereocenters. The van der Waals surface area contributed by atoms with Gasteiger partial charge in [0.2, 0.25) is 0 Å². The van der Waals surface area contributed by atoms with Crippen molar-refractivity contribution in [1.82, 2.24) is 5.32 Å². The molecule has 2 aromatic carbocycles. The van der Waals surface area contributed by atoms with Crippen LogP contribution in [-0.2, 0) is 0 Å². The van der Waals surface area contributed by atoms with Crippen molar-refractivity contribution in [1.29, 1.82) is 0 Å². The van der Waals surface area contributed by atoms with Gasteiger partial charge >= 0.3 is 0 Å². The Morgan fingerprint density at radius 1 is 0.958 bits per heavy atom. The lowest BCUT2D eigenvalue weighted by Crippen LogP contribution is -2.28. The summed E-state index contributed by atoms with van der Waals surface area (Å²) in [4.78, 5) is 12.1. The van der Waals surface area contributed by atoms with Crippen LogP contribution < -0.4 is 19.5 Å². The summed E-state index contributed by atoms with van der Waals surface area (Å²) >= 11 is 0. The molecule has 0 aliphatic rings. The fraction of sp³-hybridized carbons (Fsp3) is 0.235. The van der Waals surface area contributed by atoms with Crippen LogP contribution in [0, 0.1) is 11.6 Å². The number of ether oxygens (including phenoxy) is 3. The molecule has 24 heavy (non-hydrogen) atoms. The Morgan fingerprint density at radius 2 is 1.62 bits per heavy atom. The maximum atomic E-state index is 13.0. The van der Waals surface area contributed by atoms with Crippen LogP contribution in [0.4, 0.5) is 8.78 Å². The Hall–Kier alpha value is -2.83. The number of methoxy groups -OCH3 is 2. The fourth-order valence-electron chi connectivity index (χ4n) is 1.94. The maximum absolute atomic E-state index is 13.0. The van der Waals surface area contributed by atoms with Crippen molar-refractivity contribution < 1.29 is 27.8 Å². The molecule has 0 spiro atoms. The van der Waals surface area contributed by atoms with E-state index in [0.717, 1.165) is 12.1 Å². The molecule has 0 bridgehead atoms. The topological polar surface area (TPSA) is 56.8 Å². The van der Waals surface area contributed by atoms with Crippen LogP contribution >= 0.6 is 0 Å². The first-order chi connectivity index (χ1) is 11.5. The number of amides is 1. The summed E-state index contributed by atoms with van der Waals surface area (Å²) in [5.74, 6) is -1.08. The highest BCUT2D eigenvalue weighted by molar-refractivity contribution is 5.95. The standard InChI is InChI=1S/C17H17F2NO4/c1-22-13-7-11(8-14(9-13)23-2)17(21)20-5-6-24-12-3-4-15(18)16(19)10-12/h3-4,7-10H,5-6H2,1-2H3,(H,20,21). The number of hydrogen-bond donors (Lipinski definition) is 1. The van der Waals surface area contributed by atoms with Crippen LogP contribution in [0.15, 0.2) is 36.4 Å². The second kappa shape index (κ2) is 8.14. The van der Waals surface area contributed by atoms with Crippen molar-refractivity contribution in [3.05, 3.63) is 53.6 Å². The number of hydrogen-bond acceptors (Lipinski definition) is 4. The largest absolute Gasteiger partial charge is 0.497 e. The van der Waals surface area contributed by atoms with Gasteiger partial charge in [0.1, 0.15) is 23.9 Å². The molecule has 0 saturated carbocycles. The lowest BCUT2D eigenvalue weighted by molar-refractivity contribution is 0.0946. The Balaban J connectivity index is 1.88. The van der Waals surface area contributed by atoms with Crippen LogP contribution in [0.25, 0.3) is 0 Å². The summed E-state index contributed by atoms with van der Waals surface area (Å²) in [5.41, 5.74) is 0.374. The zero-order valence-electron chi connectivity index (χ0n) is 13.3. The first-order valence-corrected chi connectivity index (χ1v) is 7.12. The summed E-state index contributed by atoms with van der Waals surface area (Å²) in [5, 5.41) is 2.65. The lowest BCUT2D eigenvalue weighted by Gasteiger charge is -2.10. The third-order valence-corrected chi connectivity index (χ3v) is 3.16. The van der Waals surface area contributed by atoms with Gasteiger partial charge in [-0.3, -0.25) is 4.79 Å². The molecular weight excluding hydrogens is 320 g/mol. The van der Waals surface area contributed by atoms with E-state index in [9.17, 15) is 13.6 Å². The van der Waals surface area contributed by atoms with Gasteiger partial charge in [-0.05, 0) is 24.3 Å². The van der Waals surface area contributed by atoms with Crippen LogP contribution in [0.2, 0.25) is 0 Å². The second-order valence-corrected chi connectivity index (χ2v) is 4.78. The monoisotopic (exact) mass is 337 g/mol. The SMILES string of the molecule is COc1cc(OC)cc(C(=O)NCCOc2ccc(F)c(F)c2)c1. The van der Waals surface area contributed by atoms with Gasteiger partial charge in [-0.25, -0.2) is 8.78 Å². The summed E-state index contributed by atoms with van der Waals surface area (Å²) in [6.45, 7) is 0.301. The Bertz CT molecular complexity index is 699. The number of carbonyl (C=O) groups excluding carboxylic acids is 1. The van der Waals surface area contributed by atoms with Crippen LogP contribution in [0.5, 0.6) is 17.2 Å². The molecule has 2 rings (SSSR count). The van der Waals surface area contributed by atoms with Crippen molar-refractivity contribution in [2.24, 2.45) is 0 Å². The molecular formula is C17H17F2NO4. The first kappa shape index (κ1) is 17.5. The van der Waals surface area contributed by atoms with E-state index in [0.29, 0.717) is 17.1 Å². The number of nitrogens with one attached hydrogen (secondary N) is 1. The van der Waals surface area contributed by atoms with Crippen LogP contribution in [0.1, 0.15) is 10.4 Å². The maximum Gasteiger partial charge on any atom is 0.251 e. The predicted molar refractivity (Wildman–Crippen MR) is 83.7 cm³/mol. The molecule has 0 aliphatic heterocycles. The quantitative estimate of drug-likeness (QED) is 0.790. The van der Waals surface area contributed by atoms with Crippen molar-refractivity contribution in [2.75, 3.05) is 27.4 Å². The summed E-state index contributed by atoms with van der Waals surface area (Å²) < 4.78 is 41.3. The van der Waals surface area contributed by atoms with E-state index >= 15 is 0 Å². The molecule has 7 heteroatoms. The molecule has 0 unspecified atom stereocenters. The van der Waals surface area contributed by atoms with E-state index in [1.54, 1.807) is 18.2 Å². The third kappa shape index (κ3) is 4.58. The van der Waals surface area contributed by atoms with Crippen LogP contribution in [0.3, 0.4) is 0 Å². The minimum absolute atomic E-state index is 0.109. The normalized spacial score (nSPS) is 10.2. The van der Waals surface area contributed by atoms with E-state index in [1.807, 2.05) is 0 Å². The van der Waals surface area contributed by atoms with Crippen molar-refractivity contribution in [2.45, 2.75) is 0 Å². The fourth-order valence-corrected chi connectivity index (χ4v) is 1.94. The van der Waals surface area contributed by atoms with Gasteiger partial charge in [-0.2, -0.15) is 0 Å². The first-order valence-electron chi connectivity index (χ1n) is 7.12. The second-order valence-electron chi connectivity index (χ2n) is 4.78. The van der Waals surface area contributed by atoms with Gasteiger partial charge in [0.15, 0.2) is 11.6 Å². The molecule has 0 fully saturated rings. The zero-order valence-corrected chi connectivity index (χ0v) is 13.3. The summed E-state index contributed by atoms with van der Waals surface area (Å²) in [6, 6.07) is 8.05. The smallest absolute Gasteiger partial charge is 0.251 e. The van der Waals surface area contributed by atoms with Gasteiger partial charge in [0.05, 0.1) is 20.8 Å². The van der Waals surface area contributed by atoms with Gasteiger partial charge in [-0.15, -0.1) is 0 Å². The van der Waals surface area contributed by atoms with E-state index < -0.39 is 11.6 Å². The molecule has 0 radical (unpaired) electrons. The average Bonchev–Trinajstić information content (AvgIpc) is 2.60. The van der Waals surface area contributed by atoms with E-state index in [1.165, 1.54) is 20.3 Å².